The number of thioether (sulfide) groups is 1. The molecule has 1 saturated carbocycles. The highest BCUT2D eigenvalue weighted by atomic mass is 32.2. The number of hydrogen-bond acceptors (Lipinski definition) is 3. The average Bonchev–Trinajstić information content (AvgIpc) is 2.84. The Labute approximate surface area is 118 Å². The molecule has 108 valence electrons. The highest BCUT2D eigenvalue weighted by Crippen LogP contribution is 2.38. The van der Waals surface area contributed by atoms with E-state index in [9.17, 15) is 9.59 Å². The van der Waals surface area contributed by atoms with E-state index in [1.165, 1.54) is 0 Å². The van der Waals surface area contributed by atoms with Crippen LogP contribution >= 0.6 is 11.8 Å². The van der Waals surface area contributed by atoms with Gasteiger partial charge in [-0.3, -0.25) is 9.59 Å². The minimum Gasteiger partial charge on any atom is -0.481 e. The van der Waals surface area contributed by atoms with Crippen molar-refractivity contribution in [1.29, 1.82) is 0 Å². The van der Waals surface area contributed by atoms with E-state index in [0.717, 1.165) is 44.3 Å². The molecule has 1 aliphatic heterocycles. The van der Waals surface area contributed by atoms with Gasteiger partial charge in [0.05, 0.1) is 10.7 Å². The van der Waals surface area contributed by atoms with Gasteiger partial charge in [-0.25, -0.2) is 0 Å². The van der Waals surface area contributed by atoms with Crippen LogP contribution in [0, 0.1) is 11.8 Å². The lowest BCUT2D eigenvalue weighted by atomic mass is 9.82. The Bertz CT molecular complexity index is 345. The molecule has 5 heteroatoms. The van der Waals surface area contributed by atoms with Crippen molar-refractivity contribution in [1.82, 2.24) is 5.32 Å². The first kappa shape index (κ1) is 14.7. The van der Waals surface area contributed by atoms with Gasteiger partial charge in [0, 0.05) is 6.54 Å². The maximum absolute atomic E-state index is 12.2. The number of carbonyl (C=O) groups is 2. The molecule has 0 aromatic heterocycles. The lowest BCUT2D eigenvalue weighted by molar-refractivity contribution is -0.143. The van der Waals surface area contributed by atoms with E-state index in [2.05, 4.69) is 5.32 Å². The Morgan fingerprint density at radius 2 is 2.00 bits per heavy atom. The van der Waals surface area contributed by atoms with Gasteiger partial charge in [-0.15, -0.1) is 11.8 Å². The van der Waals surface area contributed by atoms with E-state index < -0.39 is 5.97 Å². The zero-order valence-electron chi connectivity index (χ0n) is 11.5. The highest BCUT2D eigenvalue weighted by Gasteiger charge is 2.37. The summed E-state index contributed by atoms with van der Waals surface area (Å²) < 4.78 is -0.238. The van der Waals surface area contributed by atoms with E-state index in [-0.39, 0.29) is 16.6 Å². The fourth-order valence-corrected chi connectivity index (χ4v) is 4.23. The predicted octanol–water partition coefficient (Wildman–Crippen LogP) is 2.28. The van der Waals surface area contributed by atoms with Gasteiger partial charge in [-0.2, -0.15) is 0 Å². The number of hydrogen-bond donors (Lipinski definition) is 2. The molecule has 1 amide bonds. The SMILES string of the molecule is CC1(C(=O)NCC2CCC(C(=O)O)CC2)CCCS1. The van der Waals surface area contributed by atoms with Crippen LogP contribution in [0.1, 0.15) is 45.4 Å². The third-order valence-electron chi connectivity index (χ3n) is 4.45. The maximum atomic E-state index is 12.2. The summed E-state index contributed by atoms with van der Waals surface area (Å²) in [6.07, 6.45) is 5.43. The van der Waals surface area contributed by atoms with E-state index in [1.807, 2.05) is 6.92 Å². The Hall–Kier alpha value is -0.710. The molecule has 0 aromatic carbocycles. The van der Waals surface area contributed by atoms with Crippen LogP contribution in [0.4, 0.5) is 0 Å². The maximum Gasteiger partial charge on any atom is 0.306 e. The van der Waals surface area contributed by atoms with Gasteiger partial charge in [0.25, 0.3) is 0 Å². The fourth-order valence-electron chi connectivity index (χ4n) is 3.00. The fraction of sp³-hybridized carbons (Fsp3) is 0.857. The predicted molar refractivity (Wildman–Crippen MR) is 76.2 cm³/mol. The number of amides is 1. The van der Waals surface area contributed by atoms with Crippen LogP contribution in [0.2, 0.25) is 0 Å². The normalized spacial score (nSPS) is 35.0. The molecular formula is C14H23NO3S. The minimum atomic E-state index is -0.669. The van der Waals surface area contributed by atoms with E-state index in [1.54, 1.807) is 11.8 Å². The van der Waals surface area contributed by atoms with Crippen LogP contribution in [-0.2, 0) is 9.59 Å². The first-order valence-electron chi connectivity index (χ1n) is 7.16. The third-order valence-corrected chi connectivity index (χ3v) is 5.97. The Morgan fingerprint density at radius 3 is 2.53 bits per heavy atom. The molecule has 2 N–H and O–H groups in total. The lowest BCUT2D eigenvalue weighted by Crippen LogP contribution is -2.42. The van der Waals surface area contributed by atoms with E-state index in [0.29, 0.717) is 12.5 Å². The second-order valence-electron chi connectivity index (χ2n) is 5.95. The zero-order chi connectivity index (χ0) is 13.9. The summed E-state index contributed by atoms with van der Waals surface area (Å²) in [4.78, 5) is 23.0. The van der Waals surface area contributed by atoms with Gasteiger partial charge >= 0.3 is 5.97 Å². The van der Waals surface area contributed by atoms with Crippen molar-refractivity contribution < 1.29 is 14.7 Å². The molecule has 2 fully saturated rings. The molecule has 0 radical (unpaired) electrons. The topological polar surface area (TPSA) is 66.4 Å². The molecule has 4 nitrogen and oxygen atoms in total. The molecule has 1 saturated heterocycles. The number of rotatable bonds is 4. The van der Waals surface area contributed by atoms with Crippen LogP contribution in [-0.4, -0.2) is 34.0 Å². The second kappa shape index (κ2) is 6.16. The summed E-state index contributed by atoms with van der Waals surface area (Å²) in [5, 5.41) is 12.0. The molecule has 1 unspecified atom stereocenters. The lowest BCUT2D eigenvalue weighted by Gasteiger charge is -2.28. The van der Waals surface area contributed by atoms with Crippen molar-refractivity contribution >= 4 is 23.6 Å². The van der Waals surface area contributed by atoms with Crippen molar-refractivity contribution in [2.45, 2.75) is 50.2 Å². The largest absolute Gasteiger partial charge is 0.481 e. The number of nitrogens with one attached hydrogen (secondary N) is 1. The van der Waals surface area contributed by atoms with Crippen molar-refractivity contribution in [3.05, 3.63) is 0 Å². The smallest absolute Gasteiger partial charge is 0.306 e. The van der Waals surface area contributed by atoms with E-state index in [4.69, 9.17) is 5.11 Å². The molecule has 19 heavy (non-hydrogen) atoms. The van der Waals surface area contributed by atoms with Crippen molar-refractivity contribution in [3.8, 4) is 0 Å². The van der Waals surface area contributed by atoms with Crippen LogP contribution in [0.5, 0.6) is 0 Å². The van der Waals surface area contributed by atoms with Gasteiger partial charge < -0.3 is 10.4 Å². The Morgan fingerprint density at radius 1 is 1.32 bits per heavy atom. The van der Waals surface area contributed by atoms with Gasteiger partial charge in [0.15, 0.2) is 0 Å². The molecular weight excluding hydrogens is 262 g/mol. The summed E-state index contributed by atoms with van der Waals surface area (Å²) in [7, 11) is 0. The number of aliphatic carboxylic acids is 1. The summed E-state index contributed by atoms with van der Waals surface area (Å²) >= 11 is 1.75. The van der Waals surface area contributed by atoms with Crippen molar-refractivity contribution in [2.24, 2.45) is 11.8 Å². The average molecular weight is 285 g/mol. The second-order valence-corrected chi connectivity index (χ2v) is 7.55. The number of carbonyl (C=O) groups excluding carboxylic acids is 1. The standard InChI is InChI=1S/C14H23NO3S/c1-14(7-2-8-19-14)13(18)15-9-10-3-5-11(6-4-10)12(16)17/h10-11H,2-9H2,1H3,(H,15,18)(H,16,17). The monoisotopic (exact) mass is 285 g/mol. The summed E-state index contributed by atoms with van der Waals surface area (Å²) in [5.74, 6) is 0.852. The number of carboxylic acid groups (broad SMARTS) is 1. The first-order valence-corrected chi connectivity index (χ1v) is 8.15. The molecule has 1 aliphatic carbocycles. The summed E-state index contributed by atoms with van der Waals surface area (Å²) in [6, 6.07) is 0. The molecule has 1 heterocycles. The van der Waals surface area contributed by atoms with Crippen LogP contribution in [0.15, 0.2) is 0 Å². The van der Waals surface area contributed by atoms with Gasteiger partial charge in [-0.1, -0.05) is 0 Å². The van der Waals surface area contributed by atoms with Gasteiger partial charge in [-0.05, 0) is 57.1 Å². The molecule has 2 aliphatic rings. The van der Waals surface area contributed by atoms with Gasteiger partial charge in [0.1, 0.15) is 0 Å². The quantitative estimate of drug-likeness (QED) is 0.831. The van der Waals surface area contributed by atoms with Crippen LogP contribution in [0.25, 0.3) is 0 Å². The van der Waals surface area contributed by atoms with Crippen LogP contribution in [0.3, 0.4) is 0 Å². The van der Waals surface area contributed by atoms with Gasteiger partial charge in [0.2, 0.25) is 5.91 Å². The Kier molecular flexibility index (Phi) is 4.76. The number of carboxylic acids is 1. The molecule has 0 spiro atoms. The van der Waals surface area contributed by atoms with E-state index >= 15 is 0 Å². The minimum absolute atomic E-state index is 0.162. The van der Waals surface area contributed by atoms with Crippen LogP contribution < -0.4 is 5.32 Å². The Balaban J connectivity index is 1.72. The third kappa shape index (κ3) is 3.65. The molecule has 0 bridgehead atoms. The molecule has 2 rings (SSSR count). The highest BCUT2D eigenvalue weighted by molar-refractivity contribution is 8.01. The van der Waals surface area contributed by atoms with Crippen molar-refractivity contribution in [2.75, 3.05) is 12.3 Å². The van der Waals surface area contributed by atoms with Crippen molar-refractivity contribution in [3.63, 3.8) is 0 Å². The first-order chi connectivity index (χ1) is 9.01. The summed E-state index contributed by atoms with van der Waals surface area (Å²) in [5.41, 5.74) is 0. The summed E-state index contributed by atoms with van der Waals surface area (Å²) in [6.45, 7) is 2.74. The zero-order valence-corrected chi connectivity index (χ0v) is 12.3. The molecule has 0 aromatic rings. The molecule has 1 atom stereocenters.